The fourth-order valence-corrected chi connectivity index (χ4v) is 2.59. The van der Waals surface area contributed by atoms with Crippen LogP contribution in [0.4, 0.5) is 5.69 Å². The second kappa shape index (κ2) is 4.34. The summed E-state index contributed by atoms with van der Waals surface area (Å²) < 4.78 is 0. The lowest BCUT2D eigenvalue weighted by Crippen LogP contribution is -2.22. The lowest BCUT2D eigenvalue weighted by molar-refractivity contribution is 0.603. The quantitative estimate of drug-likeness (QED) is 0.853. The molecule has 1 unspecified atom stereocenters. The Morgan fingerprint density at radius 3 is 3.00 bits per heavy atom. The molecule has 0 spiro atoms. The van der Waals surface area contributed by atoms with Crippen molar-refractivity contribution in [2.45, 2.75) is 6.42 Å². The summed E-state index contributed by atoms with van der Waals surface area (Å²) in [4.78, 5) is 6.91. The molecule has 3 rings (SSSR count). The minimum atomic E-state index is 0.633. The smallest absolute Gasteiger partial charge is 0.0935 e. The molecule has 88 valence electrons. The van der Waals surface area contributed by atoms with Crippen molar-refractivity contribution in [1.29, 1.82) is 0 Å². The normalized spacial score (nSPS) is 20.1. The van der Waals surface area contributed by atoms with Crippen LogP contribution in [-0.2, 0) is 0 Å². The van der Waals surface area contributed by atoms with Crippen molar-refractivity contribution in [2.75, 3.05) is 24.5 Å². The number of nitrogens with zero attached hydrogens (tertiary/aromatic N) is 2. The number of para-hydroxylation sites is 1. The molecule has 0 radical (unpaired) electrons. The Morgan fingerprint density at radius 1 is 1.29 bits per heavy atom. The molecule has 17 heavy (non-hydrogen) atoms. The van der Waals surface area contributed by atoms with Crippen molar-refractivity contribution in [3.8, 4) is 0 Å². The highest BCUT2D eigenvalue weighted by atomic mass is 15.2. The summed E-state index contributed by atoms with van der Waals surface area (Å²) in [5.74, 6) is 0.633. The van der Waals surface area contributed by atoms with Crippen molar-refractivity contribution < 1.29 is 0 Å². The van der Waals surface area contributed by atoms with Gasteiger partial charge >= 0.3 is 0 Å². The summed E-state index contributed by atoms with van der Waals surface area (Å²) in [5, 5.41) is 1.21. The van der Waals surface area contributed by atoms with Gasteiger partial charge in [-0.2, -0.15) is 0 Å². The lowest BCUT2D eigenvalue weighted by atomic mass is 10.1. The van der Waals surface area contributed by atoms with E-state index in [1.807, 2.05) is 12.3 Å². The number of hydrogen-bond acceptors (Lipinski definition) is 3. The van der Waals surface area contributed by atoms with Gasteiger partial charge in [0.2, 0.25) is 0 Å². The number of anilines is 1. The molecule has 1 aromatic heterocycles. The zero-order valence-electron chi connectivity index (χ0n) is 9.84. The summed E-state index contributed by atoms with van der Waals surface area (Å²) in [6, 6.07) is 10.5. The van der Waals surface area contributed by atoms with Crippen molar-refractivity contribution >= 4 is 16.6 Å². The summed E-state index contributed by atoms with van der Waals surface area (Å²) in [5.41, 5.74) is 8.10. The van der Waals surface area contributed by atoms with Crippen LogP contribution < -0.4 is 10.6 Å². The molecule has 3 nitrogen and oxygen atoms in total. The highest BCUT2D eigenvalue weighted by molar-refractivity contribution is 5.90. The molecule has 1 aromatic carbocycles. The van der Waals surface area contributed by atoms with Crippen molar-refractivity contribution in [1.82, 2.24) is 4.98 Å². The third-order valence-electron chi connectivity index (χ3n) is 3.57. The van der Waals surface area contributed by atoms with Gasteiger partial charge in [-0.15, -0.1) is 0 Å². The average molecular weight is 227 g/mol. The molecule has 2 aromatic rings. The van der Waals surface area contributed by atoms with Crippen molar-refractivity contribution in [3.63, 3.8) is 0 Å². The fraction of sp³-hybridized carbons (Fsp3) is 0.357. The monoisotopic (exact) mass is 227 g/mol. The molecule has 2 N–H and O–H groups in total. The van der Waals surface area contributed by atoms with E-state index in [1.165, 1.54) is 17.5 Å². The van der Waals surface area contributed by atoms with Crippen LogP contribution in [0.1, 0.15) is 6.42 Å². The number of nitrogens with two attached hydrogens (primary N) is 1. The predicted molar refractivity (Wildman–Crippen MR) is 71.1 cm³/mol. The number of rotatable bonds is 2. The minimum Gasteiger partial charge on any atom is -0.369 e. The van der Waals surface area contributed by atoms with Crippen LogP contribution >= 0.6 is 0 Å². The van der Waals surface area contributed by atoms with Crippen LogP contribution in [0.2, 0.25) is 0 Å². The SMILES string of the molecule is NCC1CCN(c2cccc3cccnc23)C1. The van der Waals surface area contributed by atoms with Gasteiger partial charge in [0.25, 0.3) is 0 Å². The maximum Gasteiger partial charge on any atom is 0.0935 e. The zero-order chi connectivity index (χ0) is 11.7. The average Bonchev–Trinajstić information content (AvgIpc) is 2.87. The standard InChI is InChI=1S/C14H17N3/c15-9-11-6-8-17(10-11)13-5-1-3-12-4-2-7-16-14(12)13/h1-5,7,11H,6,8-10,15H2. The number of aromatic nitrogens is 1. The maximum absolute atomic E-state index is 5.74. The second-order valence-corrected chi connectivity index (χ2v) is 4.69. The molecule has 0 bridgehead atoms. The van der Waals surface area contributed by atoms with Gasteiger partial charge in [-0.3, -0.25) is 4.98 Å². The maximum atomic E-state index is 5.74. The molecule has 1 atom stereocenters. The summed E-state index contributed by atoms with van der Waals surface area (Å²) in [6.07, 6.45) is 3.06. The largest absolute Gasteiger partial charge is 0.369 e. The molecule has 1 aliphatic heterocycles. The van der Waals surface area contributed by atoms with E-state index < -0.39 is 0 Å². The zero-order valence-corrected chi connectivity index (χ0v) is 9.84. The molecule has 0 amide bonds. The van der Waals surface area contributed by atoms with Gasteiger partial charge in [0.05, 0.1) is 11.2 Å². The number of benzene rings is 1. The lowest BCUT2D eigenvalue weighted by Gasteiger charge is -2.19. The van der Waals surface area contributed by atoms with Gasteiger partial charge in [0, 0.05) is 24.7 Å². The molecule has 2 heterocycles. The Hall–Kier alpha value is -1.61. The minimum absolute atomic E-state index is 0.633. The third kappa shape index (κ3) is 1.87. The van der Waals surface area contributed by atoms with E-state index in [2.05, 4.69) is 34.1 Å². The molecular weight excluding hydrogens is 210 g/mol. The van der Waals surface area contributed by atoms with Crippen molar-refractivity contribution in [3.05, 3.63) is 36.5 Å². The summed E-state index contributed by atoms with van der Waals surface area (Å²) in [6.45, 7) is 2.94. The van der Waals surface area contributed by atoms with Gasteiger partial charge in [0.15, 0.2) is 0 Å². The summed E-state index contributed by atoms with van der Waals surface area (Å²) in [7, 11) is 0. The molecule has 1 saturated heterocycles. The Morgan fingerprint density at radius 2 is 2.18 bits per heavy atom. The first-order valence-electron chi connectivity index (χ1n) is 6.17. The Kier molecular flexibility index (Phi) is 2.69. The van der Waals surface area contributed by atoms with Crippen LogP contribution in [0, 0.1) is 5.92 Å². The van der Waals surface area contributed by atoms with Crippen LogP contribution in [0.25, 0.3) is 10.9 Å². The third-order valence-corrected chi connectivity index (χ3v) is 3.57. The summed E-state index contributed by atoms with van der Waals surface area (Å²) >= 11 is 0. The molecule has 1 aliphatic rings. The number of fused-ring (bicyclic) bond motifs is 1. The van der Waals surface area contributed by atoms with Gasteiger partial charge in [-0.05, 0) is 31.0 Å². The first kappa shape index (κ1) is 10.5. The molecular formula is C14H17N3. The number of pyridine rings is 1. The van der Waals surface area contributed by atoms with Gasteiger partial charge < -0.3 is 10.6 Å². The highest BCUT2D eigenvalue weighted by Gasteiger charge is 2.22. The van der Waals surface area contributed by atoms with Crippen molar-refractivity contribution in [2.24, 2.45) is 11.7 Å². The molecule has 0 aliphatic carbocycles. The fourth-order valence-electron chi connectivity index (χ4n) is 2.59. The molecule has 3 heteroatoms. The van der Waals surface area contributed by atoms with E-state index in [1.54, 1.807) is 0 Å². The Bertz CT molecular complexity index is 518. The second-order valence-electron chi connectivity index (χ2n) is 4.69. The predicted octanol–water partition coefficient (Wildman–Crippen LogP) is 2.02. The highest BCUT2D eigenvalue weighted by Crippen LogP contribution is 2.29. The Labute approximate surface area is 101 Å². The van der Waals surface area contributed by atoms with Crippen LogP contribution in [0.5, 0.6) is 0 Å². The first-order chi connectivity index (χ1) is 8.38. The van der Waals surface area contributed by atoms with E-state index in [0.29, 0.717) is 5.92 Å². The van der Waals surface area contributed by atoms with E-state index in [4.69, 9.17) is 5.73 Å². The number of hydrogen-bond donors (Lipinski definition) is 1. The van der Waals surface area contributed by atoms with E-state index in [-0.39, 0.29) is 0 Å². The van der Waals surface area contributed by atoms with Gasteiger partial charge in [-0.25, -0.2) is 0 Å². The van der Waals surface area contributed by atoms with E-state index >= 15 is 0 Å². The van der Waals surface area contributed by atoms with Gasteiger partial charge in [-0.1, -0.05) is 18.2 Å². The van der Waals surface area contributed by atoms with E-state index in [9.17, 15) is 0 Å². The molecule has 0 saturated carbocycles. The van der Waals surface area contributed by atoms with Crippen LogP contribution in [0.15, 0.2) is 36.5 Å². The van der Waals surface area contributed by atoms with Crippen LogP contribution in [-0.4, -0.2) is 24.6 Å². The first-order valence-corrected chi connectivity index (χ1v) is 6.17. The Balaban J connectivity index is 2.00. The van der Waals surface area contributed by atoms with Crippen LogP contribution in [0.3, 0.4) is 0 Å². The van der Waals surface area contributed by atoms with E-state index in [0.717, 1.165) is 25.2 Å². The van der Waals surface area contributed by atoms with Gasteiger partial charge in [0.1, 0.15) is 0 Å². The topological polar surface area (TPSA) is 42.1 Å². The molecule has 1 fully saturated rings.